The molecule has 5 heteroatoms. The number of methoxy groups -OCH3 is 1. The van der Waals surface area contributed by atoms with Crippen molar-refractivity contribution in [3.8, 4) is 0 Å². The van der Waals surface area contributed by atoms with Crippen LogP contribution in [0.15, 0.2) is 12.7 Å². The molecule has 5 nitrogen and oxygen atoms in total. The van der Waals surface area contributed by atoms with Gasteiger partial charge < -0.3 is 14.4 Å². The van der Waals surface area contributed by atoms with E-state index in [1.165, 1.54) is 0 Å². The third kappa shape index (κ3) is 2.52. The maximum absolute atomic E-state index is 12.2. The van der Waals surface area contributed by atoms with Crippen molar-refractivity contribution in [1.82, 2.24) is 4.90 Å². The third-order valence-corrected chi connectivity index (χ3v) is 4.01. The van der Waals surface area contributed by atoms with Crippen LogP contribution in [0.2, 0.25) is 0 Å². The summed E-state index contributed by atoms with van der Waals surface area (Å²) in [5, 5.41) is 0. The van der Waals surface area contributed by atoms with E-state index in [1.54, 1.807) is 7.11 Å². The van der Waals surface area contributed by atoms with E-state index in [0.29, 0.717) is 13.0 Å². The van der Waals surface area contributed by atoms with E-state index < -0.39 is 5.97 Å². The molecule has 19 heavy (non-hydrogen) atoms. The Balaban J connectivity index is 2.20. The second-order valence-corrected chi connectivity index (χ2v) is 5.15. The van der Waals surface area contributed by atoms with E-state index in [4.69, 9.17) is 9.47 Å². The van der Waals surface area contributed by atoms with Crippen molar-refractivity contribution in [3.05, 3.63) is 12.7 Å². The third-order valence-electron chi connectivity index (χ3n) is 4.01. The molecule has 1 aliphatic heterocycles. The fourth-order valence-corrected chi connectivity index (χ4v) is 3.17. The average molecular weight is 267 g/mol. The molecule has 1 saturated heterocycles. The predicted molar refractivity (Wildman–Crippen MR) is 69.4 cm³/mol. The monoisotopic (exact) mass is 267 g/mol. The van der Waals surface area contributed by atoms with Gasteiger partial charge in [-0.3, -0.25) is 4.79 Å². The van der Waals surface area contributed by atoms with Gasteiger partial charge in [0.05, 0.1) is 12.1 Å². The fraction of sp³-hybridized carbons (Fsp3) is 0.714. The van der Waals surface area contributed by atoms with E-state index in [2.05, 4.69) is 6.58 Å². The second kappa shape index (κ2) is 5.74. The first-order valence-electron chi connectivity index (χ1n) is 6.78. The first kappa shape index (κ1) is 14.1. The molecule has 4 unspecified atom stereocenters. The van der Waals surface area contributed by atoms with Crippen molar-refractivity contribution in [2.75, 3.05) is 13.7 Å². The van der Waals surface area contributed by atoms with Crippen LogP contribution in [-0.4, -0.2) is 48.7 Å². The van der Waals surface area contributed by atoms with Crippen molar-refractivity contribution in [2.24, 2.45) is 5.92 Å². The van der Waals surface area contributed by atoms with Gasteiger partial charge in [0, 0.05) is 25.6 Å². The van der Waals surface area contributed by atoms with E-state index in [1.807, 2.05) is 11.8 Å². The van der Waals surface area contributed by atoms with Crippen molar-refractivity contribution in [2.45, 2.75) is 44.4 Å². The van der Waals surface area contributed by atoms with Crippen LogP contribution in [0, 0.1) is 5.92 Å². The number of carbonyl (C=O) groups excluding carboxylic acids is 2. The van der Waals surface area contributed by atoms with Crippen molar-refractivity contribution in [1.29, 1.82) is 0 Å². The molecular formula is C14H21NO4. The number of esters is 1. The zero-order valence-electron chi connectivity index (χ0n) is 11.5. The van der Waals surface area contributed by atoms with E-state index in [-0.39, 0.29) is 30.1 Å². The Morgan fingerprint density at radius 3 is 2.84 bits per heavy atom. The van der Waals surface area contributed by atoms with Crippen molar-refractivity contribution < 1.29 is 19.1 Å². The number of amides is 1. The van der Waals surface area contributed by atoms with E-state index >= 15 is 0 Å². The summed E-state index contributed by atoms with van der Waals surface area (Å²) in [6.07, 6.45) is 2.84. The first-order valence-corrected chi connectivity index (χ1v) is 6.78. The van der Waals surface area contributed by atoms with Crippen LogP contribution < -0.4 is 0 Å². The summed E-state index contributed by atoms with van der Waals surface area (Å²) in [6, 6.07) is -0.0555. The molecule has 2 bridgehead atoms. The van der Waals surface area contributed by atoms with Crippen LogP contribution in [0.3, 0.4) is 0 Å². The van der Waals surface area contributed by atoms with Crippen LogP contribution in [0.1, 0.15) is 26.2 Å². The highest BCUT2D eigenvalue weighted by Gasteiger charge is 2.52. The molecule has 0 aromatic carbocycles. The number of hydrogen-bond donors (Lipinski definition) is 0. The van der Waals surface area contributed by atoms with Gasteiger partial charge in [-0.05, 0) is 19.3 Å². The Morgan fingerprint density at radius 1 is 1.53 bits per heavy atom. The molecule has 1 heterocycles. The molecule has 1 aliphatic carbocycles. The summed E-state index contributed by atoms with van der Waals surface area (Å²) in [4.78, 5) is 25.6. The number of rotatable bonds is 5. The summed E-state index contributed by atoms with van der Waals surface area (Å²) >= 11 is 0. The van der Waals surface area contributed by atoms with Crippen molar-refractivity contribution in [3.63, 3.8) is 0 Å². The molecule has 2 rings (SSSR count). The summed E-state index contributed by atoms with van der Waals surface area (Å²) in [7, 11) is 1.60. The fourth-order valence-electron chi connectivity index (χ4n) is 3.17. The van der Waals surface area contributed by atoms with Gasteiger partial charge in [-0.25, -0.2) is 4.79 Å². The molecule has 1 amide bonds. The standard InChI is InChI=1S/C14H21NO4/c1-4-6-15-10-7-9(14(15)17)8-11(18-3)13(10)19-12(16)5-2/h5,9-11,13H,2,4,6-8H2,1,3H3. The van der Waals surface area contributed by atoms with Crippen LogP contribution in [-0.2, 0) is 19.1 Å². The van der Waals surface area contributed by atoms with Gasteiger partial charge >= 0.3 is 5.97 Å². The highest BCUT2D eigenvalue weighted by molar-refractivity contribution is 5.83. The van der Waals surface area contributed by atoms with Crippen molar-refractivity contribution >= 4 is 11.9 Å². The summed E-state index contributed by atoms with van der Waals surface area (Å²) in [5.74, 6) is -0.271. The molecule has 4 atom stereocenters. The van der Waals surface area contributed by atoms with Gasteiger partial charge in [0.15, 0.2) is 0 Å². The van der Waals surface area contributed by atoms with Gasteiger partial charge in [-0.15, -0.1) is 0 Å². The van der Waals surface area contributed by atoms with Crippen LogP contribution >= 0.6 is 0 Å². The van der Waals surface area contributed by atoms with Gasteiger partial charge in [0.2, 0.25) is 5.91 Å². The molecule has 2 aliphatic rings. The topological polar surface area (TPSA) is 55.8 Å². The Kier molecular flexibility index (Phi) is 4.24. The molecule has 106 valence electrons. The number of carbonyl (C=O) groups is 2. The Morgan fingerprint density at radius 2 is 2.26 bits per heavy atom. The lowest BCUT2D eigenvalue weighted by Crippen LogP contribution is -2.49. The summed E-state index contributed by atoms with van der Waals surface area (Å²) in [6.45, 7) is 6.16. The lowest BCUT2D eigenvalue weighted by atomic mass is 9.85. The zero-order chi connectivity index (χ0) is 14.0. The summed E-state index contributed by atoms with van der Waals surface area (Å²) < 4.78 is 10.8. The number of nitrogens with zero attached hydrogens (tertiary/aromatic N) is 1. The van der Waals surface area contributed by atoms with Crippen LogP contribution in [0.4, 0.5) is 0 Å². The quantitative estimate of drug-likeness (QED) is 0.553. The first-order chi connectivity index (χ1) is 9.12. The Labute approximate surface area is 113 Å². The SMILES string of the molecule is C=CC(=O)OC1C(OC)CC2CC1N(CCC)C2=O. The van der Waals surface area contributed by atoms with Gasteiger partial charge in [0.1, 0.15) is 6.10 Å². The highest BCUT2D eigenvalue weighted by Crippen LogP contribution is 2.39. The molecule has 0 aromatic rings. The van der Waals surface area contributed by atoms with Gasteiger partial charge in [-0.1, -0.05) is 13.5 Å². The van der Waals surface area contributed by atoms with Crippen LogP contribution in [0.5, 0.6) is 0 Å². The average Bonchev–Trinajstić information content (AvgIpc) is 2.67. The second-order valence-electron chi connectivity index (χ2n) is 5.15. The molecule has 0 N–H and O–H groups in total. The van der Waals surface area contributed by atoms with Gasteiger partial charge in [0.25, 0.3) is 0 Å². The molecule has 2 fully saturated rings. The minimum atomic E-state index is -0.457. The largest absolute Gasteiger partial charge is 0.454 e. The zero-order valence-corrected chi connectivity index (χ0v) is 11.5. The lowest BCUT2D eigenvalue weighted by molar-refractivity contribution is -0.158. The van der Waals surface area contributed by atoms with E-state index in [9.17, 15) is 9.59 Å². The number of fused-ring (bicyclic) bond motifs is 2. The maximum Gasteiger partial charge on any atom is 0.330 e. The smallest absolute Gasteiger partial charge is 0.330 e. The number of likely N-dealkylation sites (tertiary alicyclic amines) is 1. The number of ether oxygens (including phenoxy) is 2. The molecule has 0 radical (unpaired) electrons. The molecule has 0 aromatic heterocycles. The molecule has 0 spiro atoms. The Hall–Kier alpha value is -1.36. The predicted octanol–water partition coefficient (Wildman–Crippen LogP) is 1.13. The highest BCUT2D eigenvalue weighted by atomic mass is 16.6. The normalized spacial score (nSPS) is 33.4. The minimum Gasteiger partial charge on any atom is -0.454 e. The van der Waals surface area contributed by atoms with Crippen LogP contribution in [0.25, 0.3) is 0 Å². The minimum absolute atomic E-state index is 0.0141. The lowest BCUT2D eigenvalue weighted by Gasteiger charge is -2.36. The molecular weight excluding hydrogens is 246 g/mol. The molecule has 1 saturated carbocycles. The maximum atomic E-state index is 12.2. The number of hydrogen-bond acceptors (Lipinski definition) is 4. The van der Waals surface area contributed by atoms with Gasteiger partial charge in [-0.2, -0.15) is 0 Å². The van der Waals surface area contributed by atoms with E-state index in [0.717, 1.165) is 18.9 Å². The Bertz CT molecular complexity index is 382. The summed E-state index contributed by atoms with van der Waals surface area (Å²) in [5.41, 5.74) is 0.